The van der Waals surface area contributed by atoms with E-state index in [2.05, 4.69) is 20.7 Å². The van der Waals surface area contributed by atoms with E-state index >= 15 is 0 Å². The van der Waals surface area contributed by atoms with E-state index in [9.17, 15) is 4.79 Å². The van der Waals surface area contributed by atoms with E-state index in [1.807, 2.05) is 46.9 Å². The molecule has 0 unspecified atom stereocenters. The molecular weight excluding hydrogens is 350 g/mol. The Balaban J connectivity index is 1.25. The van der Waals surface area contributed by atoms with Gasteiger partial charge in [0, 0.05) is 37.9 Å². The number of benzene rings is 1. The van der Waals surface area contributed by atoms with Crippen LogP contribution in [0.2, 0.25) is 0 Å². The van der Waals surface area contributed by atoms with Crippen LogP contribution in [0.4, 0.5) is 0 Å². The van der Waals surface area contributed by atoms with Crippen molar-refractivity contribution in [3.63, 3.8) is 0 Å². The van der Waals surface area contributed by atoms with E-state index in [0.717, 1.165) is 49.4 Å². The predicted octanol–water partition coefficient (Wildman–Crippen LogP) is 3.61. The molecule has 3 aromatic rings. The highest BCUT2D eigenvalue weighted by atomic mass is 16.2. The quantitative estimate of drug-likeness (QED) is 0.682. The first-order valence-electron chi connectivity index (χ1n) is 10.4. The monoisotopic (exact) mass is 377 g/mol. The maximum atomic E-state index is 13.1. The SMILES string of the molecule is C[C@@H](C(=O)N1CCC(c2nccn2CC2CC2)CC1)n1cnc2ccccc21. The highest BCUT2D eigenvalue weighted by Gasteiger charge is 2.30. The molecule has 6 heteroatoms. The zero-order valence-electron chi connectivity index (χ0n) is 16.4. The van der Waals surface area contributed by atoms with Crippen LogP contribution in [-0.4, -0.2) is 43.0 Å². The summed E-state index contributed by atoms with van der Waals surface area (Å²) in [6.45, 7) is 4.69. The van der Waals surface area contributed by atoms with Gasteiger partial charge in [-0.05, 0) is 50.7 Å². The van der Waals surface area contributed by atoms with Crippen LogP contribution < -0.4 is 0 Å². The fraction of sp³-hybridized carbons (Fsp3) is 0.500. The van der Waals surface area contributed by atoms with Crippen LogP contribution in [-0.2, 0) is 11.3 Å². The molecule has 0 radical (unpaired) electrons. The van der Waals surface area contributed by atoms with Crippen LogP contribution in [0.1, 0.15) is 50.4 Å². The molecule has 1 aliphatic carbocycles. The summed E-state index contributed by atoms with van der Waals surface area (Å²) in [5.41, 5.74) is 1.95. The Labute approximate surface area is 165 Å². The Morgan fingerprint density at radius 3 is 2.71 bits per heavy atom. The lowest BCUT2D eigenvalue weighted by atomic mass is 9.95. The average molecular weight is 377 g/mol. The number of fused-ring (bicyclic) bond motifs is 1. The van der Waals surface area contributed by atoms with Crippen molar-refractivity contribution in [3.05, 3.63) is 48.8 Å². The molecule has 2 fully saturated rings. The minimum atomic E-state index is -0.235. The number of imidazole rings is 2. The number of hydrogen-bond acceptors (Lipinski definition) is 3. The molecule has 1 aliphatic heterocycles. The molecule has 3 heterocycles. The highest BCUT2D eigenvalue weighted by molar-refractivity contribution is 5.83. The summed E-state index contributed by atoms with van der Waals surface area (Å²) in [7, 11) is 0. The molecule has 0 spiro atoms. The normalized spacial score (nSPS) is 19.2. The third kappa shape index (κ3) is 3.21. The Kier molecular flexibility index (Phi) is 4.41. The van der Waals surface area contributed by atoms with E-state index in [1.165, 1.54) is 18.7 Å². The van der Waals surface area contributed by atoms with Crippen LogP contribution in [0.3, 0.4) is 0 Å². The van der Waals surface area contributed by atoms with Crippen LogP contribution in [0.15, 0.2) is 43.0 Å². The second kappa shape index (κ2) is 7.08. The molecule has 2 aliphatic rings. The Morgan fingerprint density at radius 1 is 1.14 bits per heavy atom. The third-order valence-electron chi connectivity index (χ3n) is 6.33. The van der Waals surface area contributed by atoms with Crippen LogP contribution in [0, 0.1) is 5.92 Å². The van der Waals surface area contributed by atoms with Crippen molar-refractivity contribution in [3.8, 4) is 0 Å². The van der Waals surface area contributed by atoms with E-state index in [4.69, 9.17) is 0 Å². The molecule has 5 rings (SSSR count). The van der Waals surface area contributed by atoms with Crippen LogP contribution >= 0.6 is 0 Å². The van der Waals surface area contributed by atoms with Crippen molar-refractivity contribution in [2.24, 2.45) is 5.92 Å². The lowest BCUT2D eigenvalue weighted by Gasteiger charge is -2.33. The molecule has 1 atom stereocenters. The molecule has 1 saturated carbocycles. The number of carbonyl (C=O) groups excluding carboxylic acids is 1. The standard InChI is InChI=1S/C22H27N5O/c1-16(27-15-24-19-4-2-3-5-20(19)27)22(28)25-11-8-18(9-12-25)21-23-10-13-26(21)14-17-6-7-17/h2-5,10,13,15-18H,6-9,11-12,14H2,1H3/t16-/m0/s1. The number of para-hydroxylation sites is 2. The maximum absolute atomic E-state index is 13.1. The van der Waals surface area contributed by atoms with Gasteiger partial charge in [0.25, 0.3) is 0 Å². The largest absolute Gasteiger partial charge is 0.341 e. The van der Waals surface area contributed by atoms with Gasteiger partial charge in [-0.15, -0.1) is 0 Å². The van der Waals surface area contributed by atoms with Crippen molar-refractivity contribution in [2.75, 3.05) is 13.1 Å². The number of carbonyl (C=O) groups is 1. The molecule has 2 aromatic heterocycles. The lowest BCUT2D eigenvalue weighted by molar-refractivity contribution is -0.135. The van der Waals surface area contributed by atoms with Gasteiger partial charge in [0.1, 0.15) is 11.9 Å². The number of rotatable bonds is 5. The summed E-state index contributed by atoms with van der Waals surface area (Å²) in [6, 6.07) is 7.74. The number of likely N-dealkylation sites (tertiary alicyclic amines) is 1. The number of nitrogens with zero attached hydrogens (tertiary/aromatic N) is 5. The van der Waals surface area contributed by atoms with E-state index in [1.54, 1.807) is 6.33 Å². The smallest absolute Gasteiger partial charge is 0.245 e. The number of aromatic nitrogens is 4. The predicted molar refractivity (Wildman–Crippen MR) is 108 cm³/mol. The van der Waals surface area contributed by atoms with Gasteiger partial charge in [-0.25, -0.2) is 9.97 Å². The van der Waals surface area contributed by atoms with E-state index < -0.39 is 0 Å². The molecular formula is C22H27N5O. The molecule has 1 saturated heterocycles. The molecule has 28 heavy (non-hydrogen) atoms. The average Bonchev–Trinajstić information content (AvgIpc) is 3.26. The van der Waals surface area contributed by atoms with Crippen molar-refractivity contribution < 1.29 is 4.79 Å². The summed E-state index contributed by atoms with van der Waals surface area (Å²) >= 11 is 0. The molecule has 0 bridgehead atoms. The minimum absolute atomic E-state index is 0.183. The van der Waals surface area contributed by atoms with Gasteiger partial charge in [0.2, 0.25) is 5.91 Å². The fourth-order valence-corrected chi connectivity index (χ4v) is 4.44. The first-order chi connectivity index (χ1) is 13.7. The molecule has 1 aromatic carbocycles. The van der Waals surface area contributed by atoms with E-state index in [-0.39, 0.29) is 11.9 Å². The zero-order valence-corrected chi connectivity index (χ0v) is 16.4. The second-order valence-corrected chi connectivity index (χ2v) is 8.30. The van der Waals surface area contributed by atoms with E-state index in [0.29, 0.717) is 5.92 Å². The van der Waals surface area contributed by atoms with Gasteiger partial charge < -0.3 is 14.0 Å². The third-order valence-corrected chi connectivity index (χ3v) is 6.33. The Bertz CT molecular complexity index is 978. The summed E-state index contributed by atoms with van der Waals surface area (Å²) in [4.78, 5) is 24.2. The van der Waals surface area contributed by atoms with Crippen LogP contribution in [0.5, 0.6) is 0 Å². The van der Waals surface area contributed by atoms with Gasteiger partial charge in [-0.3, -0.25) is 4.79 Å². The molecule has 1 amide bonds. The van der Waals surface area contributed by atoms with Crippen molar-refractivity contribution in [1.82, 2.24) is 24.0 Å². The van der Waals surface area contributed by atoms with Crippen molar-refractivity contribution in [1.29, 1.82) is 0 Å². The van der Waals surface area contributed by atoms with Gasteiger partial charge in [-0.2, -0.15) is 0 Å². The summed E-state index contributed by atoms with van der Waals surface area (Å²) in [5, 5.41) is 0. The number of hydrogen-bond donors (Lipinski definition) is 0. The van der Waals surface area contributed by atoms with Crippen LogP contribution in [0.25, 0.3) is 11.0 Å². The number of amides is 1. The minimum Gasteiger partial charge on any atom is -0.341 e. The molecule has 146 valence electrons. The van der Waals surface area contributed by atoms with Gasteiger partial charge in [-0.1, -0.05) is 12.1 Å². The first kappa shape index (κ1) is 17.5. The van der Waals surface area contributed by atoms with Gasteiger partial charge in [0.15, 0.2) is 0 Å². The first-order valence-corrected chi connectivity index (χ1v) is 10.4. The van der Waals surface area contributed by atoms with Gasteiger partial charge in [0.05, 0.1) is 17.4 Å². The fourth-order valence-electron chi connectivity index (χ4n) is 4.44. The zero-order chi connectivity index (χ0) is 19.1. The Hall–Kier alpha value is -2.63. The summed E-state index contributed by atoms with van der Waals surface area (Å²) in [6.07, 6.45) is 10.5. The van der Waals surface area contributed by atoms with Crippen molar-refractivity contribution >= 4 is 16.9 Å². The summed E-state index contributed by atoms with van der Waals surface area (Å²) in [5.74, 6) is 2.71. The number of piperidine rings is 1. The van der Waals surface area contributed by atoms with Gasteiger partial charge >= 0.3 is 0 Å². The Morgan fingerprint density at radius 2 is 1.93 bits per heavy atom. The second-order valence-electron chi connectivity index (χ2n) is 8.30. The summed E-state index contributed by atoms with van der Waals surface area (Å²) < 4.78 is 4.34. The lowest BCUT2D eigenvalue weighted by Crippen LogP contribution is -2.41. The molecule has 6 nitrogen and oxygen atoms in total. The van der Waals surface area contributed by atoms with Crippen molar-refractivity contribution in [2.45, 2.75) is 51.1 Å². The highest BCUT2D eigenvalue weighted by Crippen LogP contribution is 2.33. The maximum Gasteiger partial charge on any atom is 0.245 e. The topological polar surface area (TPSA) is 56.0 Å². The molecule has 0 N–H and O–H groups in total.